The van der Waals surface area contributed by atoms with E-state index < -0.39 is 47.9 Å². The van der Waals surface area contributed by atoms with Crippen molar-refractivity contribution in [1.29, 1.82) is 0 Å². The van der Waals surface area contributed by atoms with E-state index in [1.165, 1.54) is 0 Å². The molecule has 3 atom stereocenters. The fraction of sp³-hybridized carbons (Fsp3) is 0.593. The van der Waals surface area contributed by atoms with E-state index >= 15 is 0 Å². The van der Waals surface area contributed by atoms with Crippen molar-refractivity contribution < 1.29 is 33.8 Å². The molecule has 0 bridgehead atoms. The summed E-state index contributed by atoms with van der Waals surface area (Å²) in [4.78, 5) is 62.2. The van der Waals surface area contributed by atoms with Crippen molar-refractivity contribution >= 4 is 58.3 Å². The topological polar surface area (TPSA) is 163 Å². The van der Waals surface area contributed by atoms with Gasteiger partial charge in [-0.25, -0.2) is 4.79 Å². The van der Waals surface area contributed by atoms with Crippen LogP contribution in [0.1, 0.15) is 52.5 Å². The number of benzene rings is 1. The first-order valence-corrected chi connectivity index (χ1v) is 14.6. The Morgan fingerprint density at radius 3 is 2.15 bits per heavy atom. The summed E-state index contributed by atoms with van der Waals surface area (Å²) in [5.74, 6) is -2.80. The summed E-state index contributed by atoms with van der Waals surface area (Å²) in [7, 11) is 0. The number of ether oxygens (including phenoxy) is 1. The molecule has 40 heavy (non-hydrogen) atoms. The van der Waals surface area contributed by atoms with E-state index in [0.717, 1.165) is 10.0 Å². The number of carboxylic acids is 1. The molecule has 0 radical (unpaired) electrons. The Labute approximate surface area is 249 Å². The molecule has 0 aliphatic heterocycles. The van der Waals surface area contributed by atoms with E-state index in [0.29, 0.717) is 13.0 Å². The summed E-state index contributed by atoms with van der Waals surface area (Å²) in [5.41, 5.74) is 1.03. The van der Waals surface area contributed by atoms with Crippen LogP contribution < -0.4 is 21.3 Å². The molecule has 0 aromatic heterocycles. The van der Waals surface area contributed by atoms with Gasteiger partial charge in [0.25, 0.3) is 0 Å². The number of thiol groups is 1. The molecular weight excluding hydrogens is 604 g/mol. The van der Waals surface area contributed by atoms with Crippen LogP contribution in [0.25, 0.3) is 0 Å². The number of carbonyl (C=O) groups is 5. The number of aliphatic carboxylic acids is 1. The van der Waals surface area contributed by atoms with Gasteiger partial charge in [0.15, 0.2) is 0 Å². The van der Waals surface area contributed by atoms with Crippen LogP contribution in [0.15, 0.2) is 28.7 Å². The van der Waals surface area contributed by atoms with E-state index in [4.69, 9.17) is 9.84 Å². The monoisotopic (exact) mass is 644 g/mol. The highest BCUT2D eigenvalue weighted by Crippen LogP contribution is 2.12. The molecule has 0 heterocycles. The van der Waals surface area contributed by atoms with Gasteiger partial charge in [0.05, 0.1) is 6.61 Å². The fourth-order valence-electron chi connectivity index (χ4n) is 3.55. The molecule has 5 N–H and O–H groups in total. The van der Waals surface area contributed by atoms with E-state index in [-0.39, 0.29) is 43.5 Å². The van der Waals surface area contributed by atoms with Gasteiger partial charge in [-0.15, -0.1) is 0 Å². The minimum absolute atomic E-state index is 0.00837. The van der Waals surface area contributed by atoms with E-state index in [2.05, 4.69) is 49.8 Å². The summed E-state index contributed by atoms with van der Waals surface area (Å²) in [6, 6.07) is 4.48. The maximum atomic E-state index is 13.2. The smallest absolute Gasteiger partial charge is 0.407 e. The molecule has 1 rings (SSSR count). The second-order valence-electron chi connectivity index (χ2n) is 10.2. The lowest BCUT2D eigenvalue weighted by Crippen LogP contribution is -2.57. The zero-order chi connectivity index (χ0) is 30.2. The second-order valence-corrected chi connectivity index (χ2v) is 11.5. The molecule has 1 aromatic rings. The molecule has 0 saturated heterocycles. The van der Waals surface area contributed by atoms with Crippen LogP contribution in [0.4, 0.5) is 4.79 Å². The molecule has 224 valence electrons. The van der Waals surface area contributed by atoms with Crippen molar-refractivity contribution in [2.75, 3.05) is 18.9 Å². The molecule has 0 aliphatic carbocycles. The Balaban J connectivity index is 2.85. The first-order chi connectivity index (χ1) is 18.8. The molecule has 0 unspecified atom stereocenters. The van der Waals surface area contributed by atoms with E-state index in [1.807, 2.05) is 52.0 Å². The van der Waals surface area contributed by atoms with Crippen molar-refractivity contribution in [2.45, 2.75) is 71.5 Å². The third-order valence-electron chi connectivity index (χ3n) is 5.56. The molecule has 0 saturated carbocycles. The number of nitrogens with one attached hydrogen (secondary N) is 4. The van der Waals surface area contributed by atoms with Gasteiger partial charge in [0.2, 0.25) is 17.7 Å². The maximum absolute atomic E-state index is 13.2. The minimum Gasteiger partial charge on any atom is -0.481 e. The zero-order valence-electron chi connectivity index (χ0n) is 23.4. The highest BCUT2D eigenvalue weighted by atomic mass is 79.9. The van der Waals surface area contributed by atoms with Crippen LogP contribution in [-0.4, -0.2) is 71.9 Å². The van der Waals surface area contributed by atoms with Crippen LogP contribution in [0.2, 0.25) is 0 Å². The molecule has 1 aromatic carbocycles. The normalized spacial score (nSPS) is 13.2. The predicted octanol–water partition coefficient (Wildman–Crippen LogP) is 2.67. The van der Waals surface area contributed by atoms with Crippen LogP contribution in [0, 0.1) is 11.8 Å². The molecular formula is C27H41BrN4O7S. The van der Waals surface area contributed by atoms with Crippen molar-refractivity contribution in [2.24, 2.45) is 11.8 Å². The van der Waals surface area contributed by atoms with Crippen LogP contribution in [0.5, 0.6) is 0 Å². The van der Waals surface area contributed by atoms with Gasteiger partial charge in [0.1, 0.15) is 18.1 Å². The van der Waals surface area contributed by atoms with E-state index in [1.54, 1.807) is 0 Å². The summed E-state index contributed by atoms with van der Waals surface area (Å²) in [5, 5.41) is 19.5. The molecule has 11 nitrogen and oxygen atoms in total. The summed E-state index contributed by atoms with van der Waals surface area (Å²) < 4.78 is 5.99. The molecule has 0 aliphatic rings. The molecule has 0 spiro atoms. The third-order valence-corrected chi connectivity index (χ3v) is 6.42. The first-order valence-electron chi connectivity index (χ1n) is 13.2. The van der Waals surface area contributed by atoms with Crippen molar-refractivity contribution in [3.8, 4) is 0 Å². The fourth-order valence-corrected chi connectivity index (χ4v) is 4.25. The first kappa shape index (κ1) is 35.2. The number of carboxylic acid groups (broad SMARTS) is 1. The highest BCUT2D eigenvalue weighted by molar-refractivity contribution is 9.10. The molecule has 0 fully saturated rings. The lowest BCUT2D eigenvalue weighted by molar-refractivity contribution is -0.137. The minimum atomic E-state index is -1.24. The predicted molar refractivity (Wildman–Crippen MR) is 158 cm³/mol. The number of amides is 4. The van der Waals surface area contributed by atoms with E-state index in [9.17, 15) is 24.0 Å². The summed E-state index contributed by atoms with van der Waals surface area (Å²) >= 11 is 7.62. The van der Waals surface area contributed by atoms with Crippen LogP contribution in [0.3, 0.4) is 0 Å². The lowest BCUT2D eigenvalue weighted by atomic mass is 10.0. The van der Waals surface area contributed by atoms with Crippen LogP contribution in [-0.2, 0) is 30.3 Å². The summed E-state index contributed by atoms with van der Waals surface area (Å²) in [6.07, 6.45) is -0.614. The van der Waals surface area contributed by atoms with Gasteiger partial charge in [-0.05, 0) is 48.8 Å². The van der Waals surface area contributed by atoms with Crippen molar-refractivity contribution in [3.05, 3.63) is 34.3 Å². The lowest BCUT2D eigenvalue weighted by Gasteiger charge is -2.25. The zero-order valence-corrected chi connectivity index (χ0v) is 25.8. The molecule has 13 heteroatoms. The number of carbonyl (C=O) groups excluding carboxylic acids is 4. The largest absolute Gasteiger partial charge is 0.481 e. The van der Waals surface area contributed by atoms with Gasteiger partial charge in [-0.3, -0.25) is 19.2 Å². The number of halogens is 1. The number of alkyl carbamates (subject to hydrolysis) is 1. The Kier molecular flexibility index (Phi) is 16.3. The van der Waals surface area contributed by atoms with Gasteiger partial charge in [-0.2, -0.15) is 12.6 Å². The van der Waals surface area contributed by atoms with Crippen molar-refractivity contribution in [3.63, 3.8) is 0 Å². The Bertz CT molecular complexity index is 1010. The van der Waals surface area contributed by atoms with Gasteiger partial charge < -0.3 is 31.1 Å². The maximum Gasteiger partial charge on any atom is 0.407 e. The number of hydrogen-bond donors (Lipinski definition) is 6. The number of rotatable bonds is 17. The Hall–Kier alpha value is -2.80. The van der Waals surface area contributed by atoms with Gasteiger partial charge in [-0.1, -0.05) is 55.8 Å². The molecule has 4 amide bonds. The Morgan fingerprint density at radius 2 is 1.57 bits per heavy atom. The van der Waals surface area contributed by atoms with Gasteiger partial charge >= 0.3 is 12.1 Å². The number of hydrogen-bond acceptors (Lipinski definition) is 7. The van der Waals surface area contributed by atoms with Gasteiger partial charge in [0, 0.05) is 23.2 Å². The third kappa shape index (κ3) is 14.5. The quantitative estimate of drug-likeness (QED) is 0.142. The summed E-state index contributed by atoms with van der Waals surface area (Å²) in [6.45, 7) is 7.88. The SMILES string of the molecule is CC(C)COC(=O)N[C@@H](CCC(=O)O)C(=O)N[C@@H](CC(C)C)C(=O)N[C@@H](CS)C(=O)NCCc1cccc(Br)c1. The average molecular weight is 646 g/mol. The van der Waals surface area contributed by atoms with Crippen molar-refractivity contribution in [1.82, 2.24) is 21.3 Å². The highest BCUT2D eigenvalue weighted by Gasteiger charge is 2.30. The Morgan fingerprint density at radius 1 is 0.925 bits per heavy atom. The average Bonchev–Trinajstić information content (AvgIpc) is 2.87. The standard InChI is InChI=1S/C27H41BrN4O7S/c1-16(2)12-21(30-25(36)20(8-9-23(33)34)32-27(38)39-14-17(3)4)26(37)31-22(15-40)24(35)29-11-10-18-6-5-7-19(28)13-18/h5-7,13,16-17,20-22,40H,8-12,14-15H2,1-4H3,(H,29,35)(H,30,36)(H,31,37)(H,32,38)(H,33,34)/t20-,21-,22-/m0/s1. The second kappa shape index (κ2) is 18.5. The van der Waals surface area contributed by atoms with Crippen LogP contribution >= 0.6 is 28.6 Å².